The SMILES string of the molecule is CC1CC=CC=C1C(=O)C(C)(C)S12CCCC1C2. The average molecular weight is 264 g/mol. The molecule has 3 aliphatic rings. The average Bonchev–Trinajstić information content (AvgIpc) is 2.92. The van der Waals surface area contributed by atoms with Gasteiger partial charge in [-0.05, 0) is 61.4 Å². The van der Waals surface area contributed by atoms with Gasteiger partial charge in [0.15, 0.2) is 5.78 Å². The normalized spacial score (nSPS) is 41.8. The Morgan fingerprint density at radius 3 is 2.78 bits per heavy atom. The molecule has 0 bridgehead atoms. The van der Waals surface area contributed by atoms with Gasteiger partial charge in [0.05, 0.1) is 4.75 Å². The second kappa shape index (κ2) is 4.00. The van der Waals surface area contributed by atoms with Gasteiger partial charge in [-0.25, -0.2) is 10.0 Å². The predicted molar refractivity (Wildman–Crippen MR) is 80.4 cm³/mol. The fourth-order valence-electron chi connectivity index (χ4n) is 3.88. The molecule has 0 aromatic heterocycles. The van der Waals surface area contributed by atoms with Gasteiger partial charge in [-0.3, -0.25) is 4.79 Å². The van der Waals surface area contributed by atoms with Crippen LogP contribution in [0.2, 0.25) is 0 Å². The van der Waals surface area contributed by atoms with Crippen LogP contribution < -0.4 is 0 Å². The number of hydrogen-bond acceptors (Lipinski definition) is 1. The maximum absolute atomic E-state index is 13.0. The molecule has 2 heterocycles. The molecule has 0 aromatic rings. The highest BCUT2D eigenvalue weighted by atomic mass is 32.3. The third kappa shape index (κ3) is 1.57. The van der Waals surface area contributed by atoms with Crippen molar-refractivity contribution in [1.29, 1.82) is 0 Å². The molecular weight excluding hydrogens is 240 g/mol. The van der Waals surface area contributed by atoms with E-state index in [1.54, 1.807) is 0 Å². The fourth-order valence-corrected chi connectivity index (χ4v) is 9.17. The van der Waals surface area contributed by atoms with Crippen LogP contribution in [0.15, 0.2) is 23.8 Å². The maximum atomic E-state index is 13.0. The molecule has 3 unspecified atom stereocenters. The van der Waals surface area contributed by atoms with Gasteiger partial charge in [-0.2, -0.15) is 0 Å². The van der Waals surface area contributed by atoms with E-state index in [4.69, 9.17) is 0 Å². The molecule has 0 saturated carbocycles. The molecule has 1 aliphatic carbocycles. The summed E-state index contributed by atoms with van der Waals surface area (Å²) >= 11 is 0. The van der Waals surface area contributed by atoms with Gasteiger partial charge in [0.1, 0.15) is 0 Å². The molecule has 2 saturated heterocycles. The lowest BCUT2D eigenvalue weighted by Gasteiger charge is -2.38. The van der Waals surface area contributed by atoms with Crippen LogP contribution in [0.3, 0.4) is 0 Å². The molecule has 100 valence electrons. The number of carbonyl (C=O) groups is 1. The highest BCUT2D eigenvalue weighted by Gasteiger charge is 2.62. The van der Waals surface area contributed by atoms with E-state index in [9.17, 15) is 4.79 Å². The van der Waals surface area contributed by atoms with Crippen molar-refractivity contribution in [2.45, 2.75) is 50.0 Å². The molecule has 2 heteroatoms. The largest absolute Gasteiger partial charge is 0.293 e. The molecular formula is C16H24OS. The zero-order chi connectivity index (χ0) is 13.0. The van der Waals surface area contributed by atoms with Gasteiger partial charge < -0.3 is 0 Å². The number of allylic oxidation sites excluding steroid dienone is 4. The Labute approximate surface area is 112 Å². The first-order valence-electron chi connectivity index (χ1n) is 7.18. The smallest absolute Gasteiger partial charge is 0.173 e. The Kier molecular flexibility index (Phi) is 2.78. The summed E-state index contributed by atoms with van der Waals surface area (Å²) < 4.78 is -0.0700. The quantitative estimate of drug-likeness (QED) is 0.708. The van der Waals surface area contributed by atoms with Crippen LogP contribution in [-0.4, -0.2) is 27.3 Å². The van der Waals surface area contributed by atoms with Crippen LogP contribution in [0, 0.1) is 5.92 Å². The summed E-state index contributed by atoms with van der Waals surface area (Å²) in [5, 5.41) is 0.923. The summed E-state index contributed by atoms with van der Waals surface area (Å²) in [6, 6.07) is 0. The Bertz CT molecular complexity index is 446. The number of rotatable bonds is 3. The summed E-state index contributed by atoms with van der Waals surface area (Å²) in [4.78, 5) is 13.0. The van der Waals surface area contributed by atoms with E-state index >= 15 is 0 Å². The highest BCUT2D eigenvalue weighted by molar-refractivity contribution is 8.41. The van der Waals surface area contributed by atoms with E-state index in [0.29, 0.717) is 11.7 Å². The first-order chi connectivity index (χ1) is 8.49. The molecule has 0 amide bonds. The van der Waals surface area contributed by atoms with Crippen molar-refractivity contribution < 1.29 is 4.79 Å². The Morgan fingerprint density at radius 1 is 1.44 bits per heavy atom. The van der Waals surface area contributed by atoms with Gasteiger partial charge in [0, 0.05) is 0 Å². The third-order valence-corrected chi connectivity index (χ3v) is 10.8. The van der Waals surface area contributed by atoms with E-state index in [2.05, 4.69) is 39.0 Å². The lowest BCUT2D eigenvalue weighted by molar-refractivity contribution is -0.117. The van der Waals surface area contributed by atoms with Crippen LogP contribution in [0.25, 0.3) is 0 Å². The second-order valence-electron chi connectivity index (χ2n) is 6.61. The van der Waals surface area contributed by atoms with Crippen LogP contribution in [0.4, 0.5) is 0 Å². The highest BCUT2D eigenvalue weighted by Crippen LogP contribution is 2.80. The van der Waals surface area contributed by atoms with E-state index in [1.807, 2.05) is 0 Å². The standard InChI is InChI=1S/C16H24OS/c1-12-7-4-5-9-14(12)15(17)16(2,3)18-10-6-8-13(18)11-18/h4-5,9,12-13H,6-8,10-11H2,1-3H3. The lowest BCUT2D eigenvalue weighted by Crippen LogP contribution is -2.37. The van der Waals surface area contributed by atoms with Gasteiger partial charge in [-0.1, -0.05) is 25.2 Å². The van der Waals surface area contributed by atoms with Crippen molar-refractivity contribution >= 4 is 15.8 Å². The van der Waals surface area contributed by atoms with E-state index in [-0.39, 0.29) is 4.75 Å². The summed E-state index contributed by atoms with van der Waals surface area (Å²) in [5.74, 6) is 3.60. The first kappa shape index (κ1) is 12.5. The molecule has 0 N–H and O–H groups in total. The minimum atomic E-state index is -0.602. The van der Waals surface area contributed by atoms with Crippen molar-refractivity contribution in [1.82, 2.24) is 0 Å². The zero-order valence-corrected chi connectivity index (χ0v) is 12.6. The summed E-state index contributed by atoms with van der Waals surface area (Å²) in [6.07, 6.45) is 10.1. The first-order valence-corrected chi connectivity index (χ1v) is 9.21. The van der Waals surface area contributed by atoms with Crippen LogP contribution >= 0.6 is 10.0 Å². The predicted octanol–water partition coefficient (Wildman–Crippen LogP) is 3.84. The Morgan fingerprint density at radius 2 is 2.22 bits per heavy atom. The summed E-state index contributed by atoms with van der Waals surface area (Å²) in [6.45, 7) is 6.67. The van der Waals surface area contributed by atoms with Crippen LogP contribution in [-0.2, 0) is 4.79 Å². The van der Waals surface area contributed by atoms with Crippen molar-refractivity contribution in [3.8, 4) is 0 Å². The van der Waals surface area contributed by atoms with Crippen LogP contribution in [0.5, 0.6) is 0 Å². The molecule has 2 aliphatic heterocycles. The maximum Gasteiger partial charge on any atom is 0.173 e. The fraction of sp³-hybridized carbons (Fsp3) is 0.688. The molecule has 1 nitrogen and oxygen atoms in total. The van der Waals surface area contributed by atoms with Gasteiger partial charge in [0.25, 0.3) is 0 Å². The van der Waals surface area contributed by atoms with Crippen molar-refractivity contribution in [2.75, 3.05) is 11.5 Å². The molecule has 0 spiro atoms. The van der Waals surface area contributed by atoms with E-state index in [1.165, 1.54) is 24.3 Å². The number of ketones is 1. The Hall–Kier alpha value is -0.500. The minimum absolute atomic E-state index is 0.0700. The Balaban J connectivity index is 1.88. The molecule has 0 aromatic carbocycles. The van der Waals surface area contributed by atoms with Gasteiger partial charge in [-0.15, -0.1) is 0 Å². The molecule has 3 rings (SSSR count). The van der Waals surface area contributed by atoms with Gasteiger partial charge >= 0.3 is 0 Å². The number of carbonyl (C=O) groups excluding carboxylic acids is 1. The molecule has 3 atom stereocenters. The number of hydrogen-bond donors (Lipinski definition) is 0. The van der Waals surface area contributed by atoms with Crippen LogP contribution in [0.1, 0.15) is 40.0 Å². The van der Waals surface area contributed by atoms with E-state index in [0.717, 1.165) is 17.2 Å². The summed E-state index contributed by atoms with van der Waals surface area (Å²) in [7, 11) is -0.602. The molecule has 2 fully saturated rings. The second-order valence-corrected chi connectivity index (χ2v) is 10.9. The third-order valence-electron chi connectivity index (χ3n) is 5.30. The molecule has 0 radical (unpaired) electrons. The van der Waals surface area contributed by atoms with Crippen molar-refractivity contribution in [2.24, 2.45) is 5.92 Å². The summed E-state index contributed by atoms with van der Waals surface area (Å²) in [5.41, 5.74) is 1.09. The topological polar surface area (TPSA) is 17.1 Å². The van der Waals surface area contributed by atoms with Crippen molar-refractivity contribution in [3.05, 3.63) is 23.8 Å². The minimum Gasteiger partial charge on any atom is -0.293 e. The zero-order valence-electron chi connectivity index (χ0n) is 11.7. The molecule has 18 heavy (non-hydrogen) atoms. The van der Waals surface area contributed by atoms with Gasteiger partial charge in [0.2, 0.25) is 0 Å². The lowest BCUT2D eigenvalue weighted by atomic mass is 9.86. The number of fused-ring (bicyclic) bond motifs is 1. The van der Waals surface area contributed by atoms with Crippen molar-refractivity contribution in [3.63, 3.8) is 0 Å². The van der Waals surface area contributed by atoms with E-state index < -0.39 is 10.0 Å². The monoisotopic (exact) mass is 264 g/mol. The number of Topliss-reactive ketones (excluding diaryl/α,β-unsaturated/α-hetero) is 1.